The number of nitrogens with one attached hydrogen (secondary N) is 1. The number of β-amino-alcohol motifs (C(OH)–C–C–N with tert-alkyl or cyclic N) is 1. The highest BCUT2D eigenvalue weighted by atomic mass is 16.3. The minimum Gasteiger partial charge on any atom is -0.392 e. The largest absolute Gasteiger partial charge is 0.392 e. The van der Waals surface area contributed by atoms with Crippen molar-refractivity contribution in [2.45, 2.75) is 64.1 Å². The van der Waals surface area contributed by atoms with Crippen LogP contribution < -0.4 is 5.32 Å². The number of likely N-dealkylation sites (tertiary alicyclic amines) is 1. The number of amides is 1. The Balaban J connectivity index is 2.34. The van der Waals surface area contributed by atoms with Gasteiger partial charge >= 0.3 is 0 Å². The third-order valence-corrected chi connectivity index (χ3v) is 4.08. The van der Waals surface area contributed by atoms with E-state index in [1.54, 1.807) is 0 Å². The lowest BCUT2D eigenvalue weighted by molar-refractivity contribution is -0.123. The van der Waals surface area contributed by atoms with Gasteiger partial charge in [-0.05, 0) is 33.9 Å². The molecule has 0 aromatic carbocycles. The van der Waals surface area contributed by atoms with Crippen LogP contribution in [0.25, 0.3) is 0 Å². The number of aliphatic hydroxyl groups is 1. The molecule has 2 N–H and O–H groups in total. The van der Waals surface area contributed by atoms with E-state index in [1.165, 1.54) is 19.3 Å². The zero-order chi connectivity index (χ0) is 15.8. The van der Waals surface area contributed by atoms with E-state index in [1.807, 2.05) is 14.1 Å². The Morgan fingerprint density at radius 3 is 2.76 bits per heavy atom. The predicted octanol–water partition coefficient (Wildman–Crippen LogP) is 1.07. The Labute approximate surface area is 129 Å². The summed E-state index contributed by atoms with van der Waals surface area (Å²) in [6.45, 7) is 6.15. The van der Waals surface area contributed by atoms with E-state index in [4.69, 9.17) is 0 Å². The average molecular weight is 299 g/mol. The molecule has 5 heteroatoms. The molecule has 124 valence electrons. The summed E-state index contributed by atoms with van der Waals surface area (Å²) in [4.78, 5) is 16.4. The van der Waals surface area contributed by atoms with E-state index < -0.39 is 0 Å². The molecule has 0 saturated carbocycles. The zero-order valence-corrected chi connectivity index (χ0v) is 14.1. The Bertz CT molecular complexity index is 310. The molecule has 0 aromatic heterocycles. The van der Waals surface area contributed by atoms with E-state index >= 15 is 0 Å². The van der Waals surface area contributed by atoms with Crippen LogP contribution >= 0.6 is 0 Å². The van der Waals surface area contributed by atoms with Gasteiger partial charge in [0.05, 0.1) is 12.6 Å². The molecule has 1 saturated heterocycles. The van der Waals surface area contributed by atoms with Gasteiger partial charge in [-0.25, -0.2) is 0 Å². The summed E-state index contributed by atoms with van der Waals surface area (Å²) in [7, 11) is 4.05. The molecule has 3 atom stereocenters. The molecule has 21 heavy (non-hydrogen) atoms. The average Bonchev–Trinajstić information content (AvgIpc) is 2.68. The van der Waals surface area contributed by atoms with Gasteiger partial charge < -0.3 is 15.3 Å². The van der Waals surface area contributed by atoms with Crippen LogP contribution in [0.5, 0.6) is 0 Å². The number of likely N-dealkylation sites (N-methyl/N-ethyl adjacent to an activating group) is 1. The number of unbranched alkanes of at least 4 members (excludes halogenated alkanes) is 2. The van der Waals surface area contributed by atoms with Crippen LogP contribution in [0.15, 0.2) is 0 Å². The molecule has 1 fully saturated rings. The maximum absolute atomic E-state index is 12.1. The molecule has 0 radical (unpaired) electrons. The minimum absolute atomic E-state index is 0.0804. The molecule has 1 rings (SSSR count). The molecule has 1 amide bonds. The van der Waals surface area contributed by atoms with Crippen LogP contribution in [0.3, 0.4) is 0 Å². The Hall–Kier alpha value is -0.650. The van der Waals surface area contributed by atoms with E-state index in [0.717, 1.165) is 19.4 Å². The molecular weight excluding hydrogens is 266 g/mol. The highest BCUT2D eigenvalue weighted by molar-refractivity contribution is 5.78. The second-order valence-electron chi connectivity index (χ2n) is 6.70. The molecule has 0 spiro atoms. The maximum Gasteiger partial charge on any atom is 0.234 e. The number of carbonyl (C=O) groups is 1. The summed E-state index contributed by atoms with van der Waals surface area (Å²) in [5.74, 6) is 0.0804. The van der Waals surface area contributed by atoms with Crippen LogP contribution in [-0.4, -0.2) is 72.7 Å². The first-order valence-electron chi connectivity index (χ1n) is 8.28. The van der Waals surface area contributed by atoms with E-state index in [-0.39, 0.29) is 24.1 Å². The van der Waals surface area contributed by atoms with Crippen molar-refractivity contribution in [3.05, 3.63) is 0 Å². The molecule has 3 unspecified atom stereocenters. The second kappa shape index (κ2) is 9.38. The van der Waals surface area contributed by atoms with Crippen LogP contribution in [0.1, 0.15) is 46.0 Å². The SMILES string of the molecule is CCCCCC(C)NC(=O)CN1CC(O)CC1CN(C)C. The predicted molar refractivity (Wildman–Crippen MR) is 86.3 cm³/mol. The fourth-order valence-corrected chi connectivity index (χ4v) is 3.04. The number of hydrogen-bond donors (Lipinski definition) is 2. The Kier molecular flexibility index (Phi) is 8.22. The highest BCUT2D eigenvalue weighted by Gasteiger charge is 2.32. The molecule has 0 bridgehead atoms. The molecular formula is C16H33N3O2. The van der Waals surface area contributed by atoms with Crippen LogP contribution in [0.2, 0.25) is 0 Å². The van der Waals surface area contributed by atoms with Crippen molar-refractivity contribution >= 4 is 5.91 Å². The number of carbonyl (C=O) groups excluding carboxylic acids is 1. The first kappa shape index (κ1) is 18.4. The van der Waals surface area contributed by atoms with Crippen LogP contribution in [0, 0.1) is 0 Å². The Morgan fingerprint density at radius 2 is 2.14 bits per heavy atom. The van der Waals surface area contributed by atoms with Crippen molar-refractivity contribution in [2.75, 3.05) is 33.7 Å². The topological polar surface area (TPSA) is 55.8 Å². The van der Waals surface area contributed by atoms with Crippen molar-refractivity contribution in [2.24, 2.45) is 0 Å². The van der Waals surface area contributed by atoms with Crippen molar-refractivity contribution in [3.63, 3.8) is 0 Å². The van der Waals surface area contributed by atoms with E-state index in [0.29, 0.717) is 13.1 Å². The molecule has 0 aliphatic carbocycles. The van der Waals surface area contributed by atoms with E-state index in [9.17, 15) is 9.90 Å². The van der Waals surface area contributed by atoms with Crippen molar-refractivity contribution < 1.29 is 9.90 Å². The van der Waals surface area contributed by atoms with Gasteiger partial charge in [-0.2, -0.15) is 0 Å². The number of nitrogens with zero attached hydrogens (tertiary/aromatic N) is 2. The van der Waals surface area contributed by atoms with Gasteiger partial charge in [0, 0.05) is 25.2 Å². The summed E-state index contributed by atoms with van der Waals surface area (Å²) in [6.07, 6.45) is 5.11. The third-order valence-electron chi connectivity index (χ3n) is 4.08. The lowest BCUT2D eigenvalue weighted by Gasteiger charge is -2.26. The molecule has 1 aliphatic rings. The summed E-state index contributed by atoms with van der Waals surface area (Å²) < 4.78 is 0. The Morgan fingerprint density at radius 1 is 1.43 bits per heavy atom. The number of aliphatic hydroxyl groups excluding tert-OH is 1. The van der Waals surface area contributed by atoms with E-state index in [2.05, 4.69) is 29.0 Å². The van der Waals surface area contributed by atoms with Crippen molar-refractivity contribution in [1.29, 1.82) is 0 Å². The van der Waals surface area contributed by atoms with Crippen LogP contribution in [-0.2, 0) is 4.79 Å². The second-order valence-corrected chi connectivity index (χ2v) is 6.70. The van der Waals surface area contributed by atoms with Gasteiger partial charge in [-0.15, -0.1) is 0 Å². The summed E-state index contributed by atoms with van der Waals surface area (Å²) in [6, 6.07) is 0.514. The first-order chi connectivity index (χ1) is 9.92. The van der Waals surface area contributed by atoms with Crippen molar-refractivity contribution in [3.8, 4) is 0 Å². The first-order valence-corrected chi connectivity index (χ1v) is 8.28. The molecule has 1 aliphatic heterocycles. The monoisotopic (exact) mass is 299 g/mol. The minimum atomic E-state index is -0.301. The van der Waals surface area contributed by atoms with Gasteiger partial charge in [0.1, 0.15) is 0 Å². The lowest BCUT2D eigenvalue weighted by atomic mass is 10.1. The lowest BCUT2D eigenvalue weighted by Crippen LogP contribution is -2.45. The number of rotatable bonds is 9. The summed E-state index contributed by atoms with van der Waals surface area (Å²) in [5.41, 5.74) is 0. The third kappa shape index (κ3) is 7.25. The van der Waals surface area contributed by atoms with Gasteiger partial charge in [-0.1, -0.05) is 26.2 Å². The summed E-state index contributed by atoms with van der Waals surface area (Å²) in [5, 5.41) is 12.9. The highest BCUT2D eigenvalue weighted by Crippen LogP contribution is 2.18. The quantitative estimate of drug-likeness (QED) is 0.625. The number of hydrogen-bond acceptors (Lipinski definition) is 4. The van der Waals surface area contributed by atoms with Crippen LogP contribution in [0.4, 0.5) is 0 Å². The van der Waals surface area contributed by atoms with Gasteiger partial charge in [0.15, 0.2) is 0 Å². The fourth-order valence-electron chi connectivity index (χ4n) is 3.04. The maximum atomic E-state index is 12.1. The fraction of sp³-hybridized carbons (Fsp3) is 0.938. The molecule has 1 heterocycles. The van der Waals surface area contributed by atoms with Gasteiger partial charge in [0.25, 0.3) is 0 Å². The standard InChI is InChI=1S/C16H33N3O2/c1-5-6-7-8-13(2)17-16(21)12-19-11-15(20)9-14(19)10-18(3)4/h13-15,20H,5-12H2,1-4H3,(H,17,21). The zero-order valence-electron chi connectivity index (χ0n) is 14.1. The summed E-state index contributed by atoms with van der Waals surface area (Å²) >= 11 is 0. The van der Waals surface area contributed by atoms with Gasteiger partial charge in [0.2, 0.25) is 5.91 Å². The van der Waals surface area contributed by atoms with Crippen molar-refractivity contribution in [1.82, 2.24) is 15.1 Å². The molecule has 0 aromatic rings. The van der Waals surface area contributed by atoms with Gasteiger partial charge in [-0.3, -0.25) is 9.69 Å². The normalized spacial score (nSPS) is 24.5. The molecule has 5 nitrogen and oxygen atoms in total. The smallest absolute Gasteiger partial charge is 0.234 e.